The van der Waals surface area contributed by atoms with E-state index >= 15 is 0 Å². The molecule has 0 aromatic rings. The maximum absolute atomic E-state index is 12.8. The van der Waals surface area contributed by atoms with Crippen LogP contribution in [0, 0.1) is 0 Å². The molecule has 0 aliphatic carbocycles. The third kappa shape index (κ3) is 3.94. The predicted molar refractivity (Wildman–Crippen MR) is 51.4 cm³/mol. The molecule has 0 rings (SSSR count). The van der Waals surface area contributed by atoms with E-state index in [0.29, 0.717) is 0 Å². The Morgan fingerprint density at radius 2 is 1.88 bits per heavy atom. The first kappa shape index (κ1) is 15.1. The number of hydrogen-bond acceptors (Lipinski definition) is 2. The summed E-state index contributed by atoms with van der Waals surface area (Å²) in [6.07, 6.45) is -3.83. The molecule has 0 saturated carbocycles. The lowest BCUT2D eigenvalue weighted by atomic mass is 9.94. The number of halogens is 4. The van der Waals surface area contributed by atoms with E-state index in [0.717, 1.165) is 12.2 Å². The molecule has 0 fully saturated rings. The molecule has 16 heavy (non-hydrogen) atoms. The largest absolute Gasteiger partial charge is 0.418 e. The quantitative estimate of drug-likeness (QED) is 0.387. The lowest BCUT2D eigenvalue weighted by Gasteiger charge is -2.33. The van der Waals surface area contributed by atoms with Crippen LogP contribution in [0.1, 0.15) is 12.8 Å². The summed E-state index contributed by atoms with van der Waals surface area (Å²) in [6.45, 7) is 2.72. The molecule has 0 aliphatic heterocycles. The Morgan fingerprint density at radius 3 is 2.25 bits per heavy atom. The number of alkyl halides is 3. The first-order chi connectivity index (χ1) is 7.43. The van der Waals surface area contributed by atoms with Gasteiger partial charge in [0.2, 0.25) is 0 Å². The van der Waals surface area contributed by atoms with Crippen LogP contribution in [0.15, 0.2) is 25.1 Å². The van der Waals surface area contributed by atoms with Crippen molar-refractivity contribution in [3.63, 3.8) is 0 Å². The summed E-state index contributed by atoms with van der Waals surface area (Å²) in [5.41, 5.74) is -2.48. The summed E-state index contributed by atoms with van der Waals surface area (Å²) in [4.78, 5) is 0. The zero-order valence-corrected chi connectivity index (χ0v) is 8.89. The molecule has 0 aromatic carbocycles. The minimum atomic E-state index is -4.63. The Labute approximate surface area is 91.5 Å². The van der Waals surface area contributed by atoms with Gasteiger partial charge in [0.05, 0.1) is 6.33 Å². The van der Waals surface area contributed by atoms with Gasteiger partial charge in [-0.2, -0.15) is 13.2 Å². The molecule has 1 atom stereocenters. The van der Waals surface area contributed by atoms with Crippen LogP contribution in [0.25, 0.3) is 0 Å². The second kappa shape index (κ2) is 6.65. The van der Waals surface area contributed by atoms with Gasteiger partial charge in [0, 0.05) is 20.0 Å². The van der Waals surface area contributed by atoms with Crippen molar-refractivity contribution in [3.8, 4) is 0 Å². The van der Waals surface area contributed by atoms with Crippen LogP contribution >= 0.6 is 0 Å². The van der Waals surface area contributed by atoms with Crippen LogP contribution in [-0.2, 0) is 9.47 Å². The summed E-state index contributed by atoms with van der Waals surface area (Å²) in [5.74, 6) is 0. The van der Waals surface area contributed by atoms with Gasteiger partial charge >= 0.3 is 6.18 Å². The monoisotopic (exact) mass is 242 g/mol. The van der Waals surface area contributed by atoms with Gasteiger partial charge in [0.1, 0.15) is 6.79 Å². The third-order valence-electron chi connectivity index (χ3n) is 1.98. The lowest BCUT2D eigenvalue weighted by molar-refractivity contribution is -0.294. The van der Waals surface area contributed by atoms with E-state index in [1.165, 1.54) is 7.11 Å². The van der Waals surface area contributed by atoms with Gasteiger partial charge in [-0.05, 0) is 0 Å². The highest BCUT2D eigenvalue weighted by Gasteiger charge is 2.54. The zero-order valence-electron chi connectivity index (χ0n) is 8.89. The molecule has 0 aromatic heterocycles. The van der Waals surface area contributed by atoms with Gasteiger partial charge in [0.25, 0.3) is 0 Å². The van der Waals surface area contributed by atoms with Gasteiger partial charge in [-0.15, -0.1) is 6.58 Å². The van der Waals surface area contributed by atoms with Crippen LogP contribution in [0.3, 0.4) is 0 Å². The van der Waals surface area contributed by atoms with Gasteiger partial charge < -0.3 is 9.47 Å². The highest BCUT2D eigenvalue weighted by Crippen LogP contribution is 2.39. The highest BCUT2D eigenvalue weighted by molar-refractivity contribution is 4.99. The van der Waals surface area contributed by atoms with E-state index in [1.807, 2.05) is 0 Å². The van der Waals surface area contributed by atoms with E-state index in [9.17, 15) is 17.6 Å². The van der Waals surface area contributed by atoms with E-state index < -0.39 is 31.4 Å². The van der Waals surface area contributed by atoms with Crippen molar-refractivity contribution in [2.45, 2.75) is 24.6 Å². The molecular formula is C10H14F4O2. The summed E-state index contributed by atoms with van der Waals surface area (Å²) in [7, 11) is 1.21. The van der Waals surface area contributed by atoms with Crippen LogP contribution in [0.2, 0.25) is 0 Å². The SMILES string of the molecule is C=CCC(CC=CF)(OCOC)C(F)(F)F. The van der Waals surface area contributed by atoms with Crippen molar-refractivity contribution < 1.29 is 27.0 Å². The second-order valence-electron chi connectivity index (χ2n) is 3.10. The average molecular weight is 242 g/mol. The summed E-state index contributed by atoms with van der Waals surface area (Å²) in [5, 5.41) is 0. The van der Waals surface area contributed by atoms with E-state index in [2.05, 4.69) is 16.1 Å². The fourth-order valence-corrected chi connectivity index (χ4v) is 1.15. The summed E-state index contributed by atoms with van der Waals surface area (Å²) < 4.78 is 59.4. The third-order valence-corrected chi connectivity index (χ3v) is 1.98. The Kier molecular flexibility index (Phi) is 6.28. The molecular weight excluding hydrogens is 228 g/mol. The standard InChI is InChI=1S/C10H14F4O2/c1-3-5-9(6-4-7-11,10(12,13)14)16-8-15-2/h3-4,7H,1,5-6,8H2,2H3. The molecule has 0 heterocycles. The minimum absolute atomic E-state index is 0.0553. The number of methoxy groups -OCH3 is 1. The molecule has 0 N–H and O–H groups in total. The lowest BCUT2D eigenvalue weighted by Crippen LogP contribution is -2.47. The second-order valence-corrected chi connectivity index (χ2v) is 3.10. The van der Waals surface area contributed by atoms with Gasteiger partial charge in [-0.1, -0.05) is 12.2 Å². The molecule has 0 radical (unpaired) electrons. The fourth-order valence-electron chi connectivity index (χ4n) is 1.15. The van der Waals surface area contributed by atoms with Crippen LogP contribution in [0.4, 0.5) is 17.6 Å². The molecule has 0 saturated heterocycles. The maximum atomic E-state index is 12.8. The van der Waals surface area contributed by atoms with Crippen molar-refractivity contribution in [3.05, 3.63) is 25.1 Å². The first-order valence-electron chi connectivity index (χ1n) is 4.49. The van der Waals surface area contributed by atoms with E-state index in [4.69, 9.17) is 0 Å². The number of hydrogen-bond donors (Lipinski definition) is 0. The van der Waals surface area contributed by atoms with Crippen molar-refractivity contribution >= 4 is 0 Å². The topological polar surface area (TPSA) is 18.5 Å². The maximum Gasteiger partial charge on any atom is 0.418 e. The molecule has 0 bridgehead atoms. The molecule has 6 heteroatoms. The Morgan fingerprint density at radius 1 is 1.25 bits per heavy atom. The van der Waals surface area contributed by atoms with Crippen molar-refractivity contribution in [1.29, 1.82) is 0 Å². The molecule has 0 aliphatic rings. The molecule has 94 valence electrons. The van der Waals surface area contributed by atoms with Crippen molar-refractivity contribution in [1.82, 2.24) is 0 Å². The Bertz CT molecular complexity index is 237. The normalized spacial score (nSPS) is 16.3. The zero-order chi connectivity index (χ0) is 12.7. The highest BCUT2D eigenvalue weighted by atomic mass is 19.4. The summed E-state index contributed by atoms with van der Waals surface area (Å²) in [6, 6.07) is 0. The van der Waals surface area contributed by atoms with E-state index in [-0.39, 0.29) is 6.33 Å². The number of rotatable bonds is 7. The summed E-state index contributed by atoms with van der Waals surface area (Å²) >= 11 is 0. The molecule has 2 nitrogen and oxygen atoms in total. The predicted octanol–water partition coefficient (Wildman–Crippen LogP) is 3.36. The first-order valence-corrected chi connectivity index (χ1v) is 4.49. The van der Waals surface area contributed by atoms with E-state index in [1.54, 1.807) is 0 Å². The van der Waals surface area contributed by atoms with Crippen LogP contribution < -0.4 is 0 Å². The van der Waals surface area contributed by atoms with Gasteiger partial charge in [-0.3, -0.25) is 0 Å². The smallest absolute Gasteiger partial charge is 0.359 e. The van der Waals surface area contributed by atoms with Crippen molar-refractivity contribution in [2.75, 3.05) is 13.9 Å². The molecule has 1 unspecified atom stereocenters. The fraction of sp³-hybridized carbons (Fsp3) is 0.600. The minimum Gasteiger partial charge on any atom is -0.359 e. The Balaban J connectivity index is 4.95. The van der Waals surface area contributed by atoms with Crippen LogP contribution in [-0.4, -0.2) is 25.7 Å². The average Bonchev–Trinajstić information content (AvgIpc) is 2.20. The van der Waals surface area contributed by atoms with Gasteiger partial charge in [0.15, 0.2) is 5.60 Å². The van der Waals surface area contributed by atoms with Crippen molar-refractivity contribution in [2.24, 2.45) is 0 Å². The van der Waals surface area contributed by atoms with Crippen LogP contribution in [0.5, 0.6) is 0 Å². The number of ether oxygens (including phenoxy) is 2. The molecule has 0 amide bonds. The Hall–Kier alpha value is -0.880. The van der Waals surface area contributed by atoms with Gasteiger partial charge in [-0.25, -0.2) is 4.39 Å². The molecule has 0 spiro atoms.